The van der Waals surface area contributed by atoms with Crippen LogP contribution in [0.2, 0.25) is 10.0 Å². The van der Waals surface area contributed by atoms with Crippen LogP contribution in [0.4, 0.5) is 10.1 Å². The maximum Gasteiger partial charge on any atom is 0.123 e. The van der Waals surface area contributed by atoms with Crippen LogP contribution in [0.5, 0.6) is 0 Å². The van der Waals surface area contributed by atoms with Gasteiger partial charge in [-0.15, -0.1) is 0 Å². The molecule has 0 bridgehead atoms. The second kappa shape index (κ2) is 7.74. The molecule has 3 aromatic carbocycles. The van der Waals surface area contributed by atoms with E-state index in [2.05, 4.69) is 36.4 Å². The minimum absolute atomic E-state index is 0.0768. The molecule has 0 radical (unpaired) electrons. The molecule has 0 unspecified atom stereocenters. The third kappa shape index (κ3) is 3.31. The number of benzene rings is 3. The van der Waals surface area contributed by atoms with Gasteiger partial charge in [0.15, 0.2) is 0 Å². The Morgan fingerprint density at radius 1 is 1.03 bits per heavy atom. The van der Waals surface area contributed by atoms with Gasteiger partial charge in [0, 0.05) is 22.2 Å². The normalized spacial score (nSPS) is 25.2. The molecule has 3 atom stereocenters. The van der Waals surface area contributed by atoms with Crippen LogP contribution in [0.1, 0.15) is 40.6 Å². The average molecular weight is 453 g/mol. The fourth-order valence-electron chi connectivity index (χ4n) is 5.54. The van der Waals surface area contributed by atoms with Crippen molar-refractivity contribution < 1.29 is 4.39 Å². The molecule has 1 saturated heterocycles. The Morgan fingerprint density at radius 2 is 1.84 bits per heavy atom. The Kier molecular flexibility index (Phi) is 5.16. The Bertz CT molecular complexity index is 1190. The van der Waals surface area contributed by atoms with Crippen molar-refractivity contribution in [3.8, 4) is 0 Å². The summed E-state index contributed by atoms with van der Waals surface area (Å²) in [7, 11) is 2.12. The number of likely N-dealkylation sites (N-methyl/N-ethyl adjacent to an activating group) is 1. The smallest absolute Gasteiger partial charge is 0.123 e. The van der Waals surface area contributed by atoms with Crippen molar-refractivity contribution in [1.29, 1.82) is 0 Å². The molecule has 5 heteroatoms. The van der Waals surface area contributed by atoms with Gasteiger partial charge in [-0.3, -0.25) is 9.89 Å². The van der Waals surface area contributed by atoms with Crippen LogP contribution in [0.25, 0.3) is 0 Å². The van der Waals surface area contributed by atoms with Crippen LogP contribution in [-0.4, -0.2) is 24.7 Å². The lowest BCUT2D eigenvalue weighted by molar-refractivity contribution is 0.113. The lowest BCUT2D eigenvalue weighted by Gasteiger charge is -2.51. The van der Waals surface area contributed by atoms with Crippen molar-refractivity contribution in [3.63, 3.8) is 0 Å². The molecule has 0 amide bonds. The third-order valence-electron chi connectivity index (χ3n) is 6.87. The van der Waals surface area contributed by atoms with Gasteiger partial charge in [-0.2, -0.15) is 0 Å². The van der Waals surface area contributed by atoms with Crippen LogP contribution in [0.3, 0.4) is 0 Å². The van der Waals surface area contributed by atoms with Crippen molar-refractivity contribution in [1.82, 2.24) is 4.90 Å². The van der Waals surface area contributed by atoms with Crippen molar-refractivity contribution in [2.24, 2.45) is 4.99 Å². The number of aryl methyl sites for hydroxylation is 1. The zero-order valence-electron chi connectivity index (χ0n) is 17.4. The Morgan fingerprint density at radius 3 is 2.65 bits per heavy atom. The highest BCUT2D eigenvalue weighted by atomic mass is 35.5. The number of piperidine rings is 1. The van der Waals surface area contributed by atoms with Crippen LogP contribution in [-0.2, 0) is 5.41 Å². The molecule has 0 aliphatic carbocycles. The second-order valence-electron chi connectivity index (χ2n) is 8.63. The van der Waals surface area contributed by atoms with E-state index < -0.39 is 5.41 Å². The molecule has 2 aliphatic rings. The van der Waals surface area contributed by atoms with Gasteiger partial charge in [0.05, 0.1) is 17.1 Å². The van der Waals surface area contributed by atoms with E-state index in [9.17, 15) is 4.39 Å². The van der Waals surface area contributed by atoms with Crippen molar-refractivity contribution in [3.05, 3.63) is 98.8 Å². The molecular formula is C26H23Cl2FN2. The van der Waals surface area contributed by atoms with E-state index in [1.54, 1.807) is 6.07 Å². The molecule has 158 valence electrons. The van der Waals surface area contributed by atoms with Gasteiger partial charge in [0.25, 0.3) is 0 Å². The third-order valence-corrected chi connectivity index (χ3v) is 7.34. The van der Waals surface area contributed by atoms with Crippen LogP contribution in [0, 0.1) is 12.7 Å². The minimum atomic E-state index is -0.462. The summed E-state index contributed by atoms with van der Waals surface area (Å²) in [4.78, 5) is 7.17. The minimum Gasteiger partial charge on any atom is -0.298 e. The van der Waals surface area contributed by atoms with E-state index in [-0.39, 0.29) is 17.8 Å². The number of likely N-dealkylation sites (tertiary alicyclic amines) is 1. The van der Waals surface area contributed by atoms with E-state index >= 15 is 0 Å². The largest absolute Gasteiger partial charge is 0.298 e. The monoisotopic (exact) mass is 452 g/mol. The standard InChI is InChI=1S/C26H23Cl2FN2/c1-16-6-8-20(29)14-21(16)25-26(15-30-24-13-19(28)7-9-23(24)26)22(10-11-31(25)2)17-4-3-5-18(27)12-17/h3-9,12-15,22,25H,10-11H2,1-2H3/t22-,25+,26-/m0/s1. The first-order valence-corrected chi connectivity index (χ1v) is 11.2. The van der Waals surface area contributed by atoms with Crippen molar-refractivity contribution in [2.75, 3.05) is 13.6 Å². The molecule has 2 nitrogen and oxygen atoms in total. The molecule has 0 aromatic heterocycles. The predicted octanol–water partition coefficient (Wildman–Crippen LogP) is 7.26. The summed E-state index contributed by atoms with van der Waals surface area (Å²) >= 11 is 12.7. The van der Waals surface area contributed by atoms with Crippen molar-refractivity contribution in [2.45, 2.75) is 30.7 Å². The molecule has 2 aliphatic heterocycles. The maximum absolute atomic E-state index is 14.4. The van der Waals surface area contributed by atoms with E-state index in [1.165, 1.54) is 11.6 Å². The fraction of sp³-hybridized carbons (Fsp3) is 0.269. The topological polar surface area (TPSA) is 15.6 Å². The first-order chi connectivity index (χ1) is 14.9. The molecule has 5 rings (SSSR count). The van der Waals surface area contributed by atoms with Crippen LogP contribution < -0.4 is 0 Å². The SMILES string of the molecule is Cc1ccc(F)cc1[C@H]1N(C)CC[C@@H](c2cccc(Cl)c2)[C@]12C=Nc1cc(Cl)ccc12. The zero-order valence-corrected chi connectivity index (χ0v) is 19.0. The predicted molar refractivity (Wildman–Crippen MR) is 127 cm³/mol. The molecule has 1 fully saturated rings. The van der Waals surface area contributed by atoms with Crippen LogP contribution in [0.15, 0.2) is 65.7 Å². The average Bonchev–Trinajstić information content (AvgIpc) is 3.09. The number of hydrogen-bond donors (Lipinski definition) is 0. The molecule has 31 heavy (non-hydrogen) atoms. The maximum atomic E-state index is 14.4. The number of fused-ring (bicyclic) bond motifs is 2. The number of halogens is 3. The Hall–Kier alpha value is -2.20. The fourth-order valence-corrected chi connectivity index (χ4v) is 5.91. The number of hydrogen-bond acceptors (Lipinski definition) is 2. The highest BCUT2D eigenvalue weighted by Crippen LogP contribution is 2.58. The lowest BCUT2D eigenvalue weighted by Crippen LogP contribution is -2.52. The summed E-state index contributed by atoms with van der Waals surface area (Å²) in [6.45, 7) is 2.94. The molecule has 0 saturated carbocycles. The first kappa shape index (κ1) is 20.7. The lowest BCUT2D eigenvalue weighted by atomic mass is 9.59. The molecule has 0 N–H and O–H groups in total. The van der Waals surface area contributed by atoms with E-state index in [0.717, 1.165) is 40.4 Å². The highest BCUT2D eigenvalue weighted by Gasteiger charge is 2.54. The van der Waals surface area contributed by atoms with E-state index in [1.807, 2.05) is 37.3 Å². The Balaban J connectivity index is 1.79. The summed E-state index contributed by atoms with van der Waals surface area (Å²) in [5.41, 5.74) is 4.78. The highest BCUT2D eigenvalue weighted by molar-refractivity contribution is 6.31. The van der Waals surface area contributed by atoms with Crippen LogP contribution >= 0.6 is 23.2 Å². The second-order valence-corrected chi connectivity index (χ2v) is 9.51. The van der Waals surface area contributed by atoms with Gasteiger partial charge in [0.1, 0.15) is 5.82 Å². The summed E-state index contributed by atoms with van der Waals surface area (Å²) in [6, 6.07) is 19.0. The molecule has 1 spiro atoms. The molecule has 2 heterocycles. The summed E-state index contributed by atoms with van der Waals surface area (Å²) in [6.07, 6.45) is 3.01. The summed E-state index contributed by atoms with van der Waals surface area (Å²) in [5.74, 6) is -0.0819. The zero-order chi connectivity index (χ0) is 21.8. The summed E-state index contributed by atoms with van der Waals surface area (Å²) in [5, 5.41) is 1.38. The van der Waals surface area contributed by atoms with Gasteiger partial charge in [0.2, 0.25) is 0 Å². The van der Waals surface area contributed by atoms with Gasteiger partial charge in [-0.25, -0.2) is 4.39 Å². The van der Waals surface area contributed by atoms with E-state index in [0.29, 0.717) is 5.02 Å². The van der Waals surface area contributed by atoms with Gasteiger partial charge in [-0.1, -0.05) is 47.5 Å². The molecule has 3 aromatic rings. The molecular weight excluding hydrogens is 430 g/mol. The number of rotatable bonds is 2. The van der Waals surface area contributed by atoms with Gasteiger partial charge < -0.3 is 0 Å². The van der Waals surface area contributed by atoms with Crippen molar-refractivity contribution >= 4 is 35.1 Å². The van der Waals surface area contributed by atoms with E-state index in [4.69, 9.17) is 28.2 Å². The first-order valence-electron chi connectivity index (χ1n) is 10.5. The number of aliphatic imine (C=N–C) groups is 1. The Labute approximate surface area is 192 Å². The quantitative estimate of drug-likeness (QED) is 0.399. The summed E-state index contributed by atoms with van der Waals surface area (Å²) < 4.78 is 14.4. The van der Waals surface area contributed by atoms with Gasteiger partial charge >= 0.3 is 0 Å². The number of nitrogens with zero attached hydrogens (tertiary/aromatic N) is 2. The van der Waals surface area contributed by atoms with Gasteiger partial charge in [-0.05, 0) is 85.6 Å².